The third kappa shape index (κ3) is 2.77. The molecule has 1 saturated heterocycles. The lowest BCUT2D eigenvalue weighted by atomic mass is 9.80. The number of aliphatic imine (C=N–C) groups is 1. The fraction of sp³-hybridized carbons (Fsp3) is 0.250. The molecule has 0 aliphatic carbocycles. The molecule has 1 fully saturated rings. The van der Waals surface area contributed by atoms with E-state index in [1.54, 1.807) is 13.3 Å². The van der Waals surface area contributed by atoms with Gasteiger partial charge in [0.25, 0.3) is 6.02 Å². The van der Waals surface area contributed by atoms with Crippen molar-refractivity contribution in [2.45, 2.75) is 11.6 Å². The normalized spacial score (nSPS) is 21.6. The summed E-state index contributed by atoms with van der Waals surface area (Å²) in [5, 5.41) is 0. The summed E-state index contributed by atoms with van der Waals surface area (Å²) in [6.45, 7) is 2.07. The molecule has 1 aromatic heterocycles. The van der Waals surface area contributed by atoms with Gasteiger partial charge < -0.3 is 24.8 Å². The first-order chi connectivity index (χ1) is 15.2. The molecule has 3 aromatic rings. The van der Waals surface area contributed by atoms with Gasteiger partial charge in [-0.25, -0.2) is 4.99 Å². The summed E-state index contributed by atoms with van der Waals surface area (Å²) in [6, 6.07) is 16.5. The van der Waals surface area contributed by atoms with E-state index >= 15 is 0 Å². The number of hydrogen-bond acceptors (Lipinski definition) is 7. The molecule has 31 heavy (non-hydrogen) atoms. The first-order valence-electron chi connectivity index (χ1n) is 10.3. The van der Waals surface area contributed by atoms with Crippen LogP contribution in [0.2, 0.25) is 0 Å². The molecule has 3 aliphatic heterocycles. The molecule has 6 rings (SSSR count). The average Bonchev–Trinajstić information content (AvgIpc) is 3.16. The molecule has 0 amide bonds. The predicted octanol–water partition coefficient (Wildman–Crippen LogP) is 3.28. The Labute approximate surface area is 180 Å². The molecule has 156 valence electrons. The zero-order valence-electron chi connectivity index (χ0n) is 17.1. The highest BCUT2D eigenvalue weighted by Crippen LogP contribution is 2.52. The minimum absolute atomic E-state index is 0.194. The summed E-state index contributed by atoms with van der Waals surface area (Å²) in [5.41, 5.74) is 10.4. The number of nitrogens with zero attached hydrogens (tertiary/aromatic N) is 3. The van der Waals surface area contributed by atoms with E-state index in [2.05, 4.69) is 28.1 Å². The number of pyridine rings is 1. The van der Waals surface area contributed by atoms with E-state index in [9.17, 15) is 0 Å². The molecular weight excluding hydrogens is 392 g/mol. The summed E-state index contributed by atoms with van der Waals surface area (Å²) >= 11 is 0. The third-order valence-corrected chi connectivity index (χ3v) is 6.33. The topological polar surface area (TPSA) is 82.2 Å². The fourth-order valence-corrected chi connectivity index (χ4v) is 4.55. The Hall–Kier alpha value is -3.58. The van der Waals surface area contributed by atoms with Gasteiger partial charge in [-0.2, -0.15) is 0 Å². The standard InChI is InChI=1S/C24H22N4O3/c1-29-18-12-28(13-18)17-5-7-22-20(10-17)24(14-30-23(25)27-24)19-9-15(4-6-21(19)31-22)16-3-2-8-26-11-16/h2-11,18H,12-14H2,1H3,(H2,25,27)/t24-/m0/s1. The van der Waals surface area contributed by atoms with Crippen molar-refractivity contribution < 1.29 is 14.2 Å². The lowest BCUT2D eigenvalue weighted by molar-refractivity contribution is 0.0787. The van der Waals surface area contributed by atoms with Crippen LogP contribution in [0.3, 0.4) is 0 Å². The van der Waals surface area contributed by atoms with Gasteiger partial charge in [-0.15, -0.1) is 0 Å². The van der Waals surface area contributed by atoms with Crippen molar-refractivity contribution in [1.82, 2.24) is 4.98 Å². The Morgan fingerprint density at radius 1 is 1.06 bits per heavy atom. The number of amidine groups is 1. The van der Waals surface area contributed by atoms with E-state index in [1.165, 1.54) is 0 Å². The number of anilines is 1. The van der Waals surface area contributed by atoms with Crippen molar-refractivity contribution in [1.29, 1.82) is 0 Å². The molecule has 0 radical (unpaired) electrons. The third-order valence-electron chi connectivity index (χ3n) is 6.33. The second-order valence-corrected chi connectivity index (χ2v) is 8.10. The fourth-order valence-electron chi connectivity index (χ4n) is 4.55. The number of ether oxygens (including phenoxy) is 3. The van der Waals surface area contributed by atoms with E-state index in [-0.39, 0.29) is 12.1 Å². The van der Waals surface area contributed by atoms with Gasteiger partial charge in [-0.1, -0.05) is 12.1 Å². The predicted molar refractivity (Wildman–Crippen MR) is 118 cm³/mol. The second kappa shape index (κ2) is 6.72. The first-order valence-corrected chi connectivity index (χ1v) is 10.3. The van der Waals surface area contributed by atoms with Crippen molar-refractivity contribution in [3.8, 4) is 22.6 Å². The number of nitrogens with two attached hydrogens (primary N) is 1. The summed E-state index contributed by atoms with van der Waals surface area (Å²) in [6.07, 6.45) is 3.89. The average molecular weight is 414 g/mol. The van der Waals surface area contributed by atoms with Gasteiger partial charge in [0.15, 0.2) is 5.54 Å². The zero-order valence-corrected chi connectivity index (χ0v) is 17.1. The molecule has 3 aliphatic rings. The largest absolute Gasteiger partial charge is 0.462 e. The molecule has 4 heterocycles. The van der Waals surface area contributed by atoms with Gasteiger partial charge in [-0.05, 0) is 42.0 Å². The quantitative estimate of drug-likeness (QED) is 0.708. The Bertz CT molecular complexity index is 1190. The van der Waals surface area contributed by atoms with Crippen molar-refractivity contribution >= 4 is 11.7 Å². The summed E-state index contributed by atoms with van der Waals surface area (Å²) in [4.78, 5) is 11.3. The number of methoxy groups -OCH3 is 1. The number of fused-ring (bicyclic) bond motifs is 4. The van der Waals surface area contributed by atoms with Gasteiger partial charge in [0.2, 0.25) is 0 Å². The Balaban J connectivity index is 1.48. The smallest absolute Gasteiger partial charge is 0.283 e. The molecule has 1 spiro atoms. The highest BCUT2D eigenvalue weighted by molar-refractivity contribution is 5.78. The van der Waals surface area contributed by atoms with Gasteiger partial charge in [0.1, 0.15) is 18.1 Å². The molecular formula is C24H22N4O3. The van der Waals surface area contributed by atoms with Crippen LogP contribution in [0, 0.1) is 0 Å². The van der Waals surface area contributed by atoms with Crippen LogP contribution < -0.4 is 15.4 Å². The van der Waals surface area contributed by atoms with Crippen LogP contribution in [-0.4, -0.2) is 43.9 Å². The minimum atomic E-state index is -0.743. The number of aromatic nitrogens is 1. The van der Waals surface area contributed by atoms with E-state index in [1.807, 2.05) is 36.5 Å². The van der Waals surface area contributed by atoms with Gasteiger partial charge >= 0.3 is 0 Å². The maximum Gasteiger partial charge on any atom is 0.283 e. The lowest BCUT2D eigenvalue weighted by Crippen LogP contribution is -2.52. The molecule has 0 saturated carbocycles. The van der Waals surface area contributed by atoms with E-state index in [4.69, 9.17) is 24.9 Å². The zero-order chi connectivity index (χ0) is 21.0. The first kappa shape index (κ1) is 18.2. The maximum absolute atomic E-state index is 6.29. The van der Waals surface area contributed by atoms with Crippen molar-refractivity contribution in [2.75, 3.05) is 31.7 Å². The van der Waals surface area contributed by atoms with Crippen molar-refractivity contribution in [2.24, 2.45) is 10.7 Å². The molecule has 2 N–H and O–H groups in total. The van der Waals surface area contributed by atoms with Crippen LogP contribution in [0.15, 0.2) is 65.9 Å². The van der Waals surface area contributed by atoms with Crippen LogP contribution >= 0.6 is 0 Å². The molecule has 0 bridgehead atoms. The van der Waals surface area contributed by atoms with E-state index in [0.29, 0.717) is 6.61 Å². The summed E-state index contributed by atoms with van der Waals surface area (Å²) in [7, 11) is 1.75. The summed E-state index contributed by atoms with van der Waals surface area (Å²) in [5.74, 6) is 1.54. The monoisotopic (exact) mass is 414 g/mol. The van der Waals surface area contributed by atoms with Crippen LogP contribution in [0.1, 0.15) is 11.1 Å². The lowest BCUT2D eigenvalue weighted by Gasteiger charge is -2.41. The molecule has 7 heteroatoms. The highest BCUT2D eigenvalue weighted by atomic mass is 16.5. The van der Waals surface area contributed by atoms with Crippen molar-refractivity contribution in [3.63, 3.8) is 0 Å². The molecule has 7 nitrogen and oxygen atoms in total. The van der Waals surface area contributed by atoms with Crippen LogP contribution in [0.4, 0.5) is 5.69 Å². The Kier molecular flexibility index (Phi) is 3.94. The molecule has 1 atom stereocenters. The second-order valence-electron chi connectivity index (χ2n) is 8.10. The van der Waals surface area contributed by atoms with E-state index < -0.39 is 5.54 Å². The number of rotatable bonds is 3. The Morgan fingerprint density at radius 3 is 2.58 bits per heavy atom. The van der Waals surface area contributed by atoms with Gasteiger partial charge in [-0.3, -0.25) is 4.98 Å². The molecule has 2 aromatic carbocycles. The maximum atomic E-state index is 6.29. The van der Waals surface area contributed by atoms with Crippen molar-refractivity contribution in [3.05, 3.63) is 72.1 Å². The van der Waals surface area contributed by atoms with Gasteiger partial charge in [0.05, 0.1) is 6.10 Å². The summed E-state index contributed by atoms with van der Waals surface area (Å²) < 4.78 is 17.4. The number of benzene rings is 2. The van der Waals surface area contributed by atoms with E-state index in [0.717, 1.165) is 52.5 Å². The Morgan fingerprint density at radius 2 is 1.87 bits per heavy atom. The van der Waals surface area contributed by atoms with Crippen LogP contribution in [0.5, 0.6) is 11.5 Å². The SMILES string of the molecule is COC1CN(c2ccc3c(c2)[C@]2(COC(N)=N2)c2cc(-c4cccnc4)ccc2O3)C1. The number of hydrogen-bond donors (Lipinski definition) is 1. The van der Waals surface area contributed by atoms with Crippen LogP contribution in [-0.2, 0) is 15.0 Å². The minimum Gasteiger partial charge on any atom is -0.462 e. The molecule has 0 unspecified atom stereocenters. The van der Waals surface area contributed by atoms with Gasteiger partial charge in [0, 0.05) is 55.0 Å². The van der Waals surface area contributed by atoms with Crippen LogP contribution in [0.25, 0.3) is 11.1 Å². The highest BCUT2D eigenvalue weighted by Gasteiger charge is 2.47.